The van der Waals surface area contributed by atoms with Crippen molar-refractivity contribution in [1.29, 1.82) is 0 Å². The molecule has 0 saturated heterocycles. The van der Waals surface area contributed by atoms with Gasteiger partial charge in [0.05, 0.1) is 0 Å². The lowest BCUT2D eigenvalue weighted by Gasteiger charge is -2.11. The highest BCUT2D eigenvalue weighted by molar-refractivity contribution is 6.05. The van der Waals surface area contributed by atoms with Gasteiger partial charge in [0.25, 0.3) is 11.8 Å². The summed E-state index contributed by atoms with van der Waals surface area (Å²) < 4.78 is 4.97. The van der Waals surface area contributed by atoms with Gasteiger partial charge in [0.15, 0.2) is 0 Å². The molecule has 0 saturated carbocycles. The molecule has 2 rings (SSSR count). The average Bonchev–Trinajstić information content (AvgIpc) is 2.72. The van der Waals surface area contributed by atoms with E-state index >= 15 is 0 Å². The zero-order valence-corrected chi connectivity index (χ0v) is 16.4. The van der Waals surface area contributed by atoms with Gasteiger partial charge in [-0.1, -0.05) is 30.3 Å². The van der Waals surface area contributed by atoms with E-state index in [1.54, 1.807) is 54.6 Å². The lowest BCUT2D eigenvalue weighted by atomic mass is 10.1. The molecule has 0 aromatic heterocycles. The molecule has 8 heteroatoms. The molecule has 0 radical (unpaired) electrons. The minimum absolute atomic E-state index is 0.000542. The van der Waals surface area contributed by atoms with Crippen LogP contribution in [0.15, 0.2) is 60.3 Å². The van der Waals surface area contributed by atoms with Crippen LogP contribution in [0.3, 0.4) is 0 Å². The maximum atomic E-state index is 12.6. The fourth-order valence-corrected chi connectivity index (χ4v) is 2.44. The second kappa shape index (κ2) is 11.2. The van der Waals surface area contributed by atoms with Gasteiger partial charge in [0.2, 0.25) is 0 Å². The molecule has 8 nitrogen and oxygen atoms in total. The Kier molecular flexibility index (Phi) is 8.31. The molecule has 3 N–H and O–H groups in total. The molecule has 0 heterocycles. The summed E-state index contributed by atoms with van der Waals surface area (Å²) >= 11 is 0. The number of nitrogens with one attached hydrogen (secondary N) is 2. The summed E-state index contributed by atoms with van der Waals surface area (Å²) in [7, 11) is 0. The monoisotopic (exact) mass is 410 g/mol. The fourth-order valence-electron chi connectivity index (χ4n) is 2.44. The van der Waals surface area contributed by atoms with E-state index < -0.39 is 23.8 Å². The van der Waals surface area contributed by atoms with Crippen LogP contribution in [0.1, 0.15) is 35.7 Å². The van der Waals surface area contributed by atoms with Crippen LogP contribution < -0.4 is 15.4 Å². The summed E-state index contributed by atoms with van der Waals surface area (Å²) in [5.41, 5.74) is 0.974. The van der Waals surface area contributed by atoms with Crippen molar-refractivity contribution < 1.29 is 29.0 Å². The van der Waals surface area contributed by atoms with Crippen molar-refractivity contribution in [2.75, 3.05) is 6.54 Å². The Balaban J connectivity index is 2.17. The van der Waals surface area contributed by atoms with E-state index in [-0.39, 0.29) is 25.1 Å². The first-order chi connectivity index (χ1) is 14.3. The standard InChI is InChI=1S/C22H22N2O6/c1-15(25)30-18-11-9-16(10-12-18)14-19(22(29)23-13-5-8-20(26)27)24-21(28)17-6-3-2-4-7-17/h2-4,6-7,9-12,14H,5,8,13H2,1H3,(H,23,29)(H,24,28)(H,26,27)/b19-14-. The van der Waals surface area contributed by atoms with Crippen molar-refractivity contribution in [3.63, 3.8) is 0 Å². The van der Waals surface area contributed by atoms with E-state index in [1.165, 1.54) is 13.0 Å². The highest BCUT2D eigenvalue weighted by Gasteiger charge is 2.14. The summed E-state index contributed by atoms with van der Waals surface area (Å²) in [4.78, 5) is 46.7. The van der Waals surface area contributed by atoms with Crippen molar-refractivity contribution in [3.05, 3.63) is 71.4 Å². The van der Waals surface area contributed by atoms with E-state index in [1.807, 2.05) is 0 Å². The predicted octanol–water partition coefficient (Wildman–Crippen LogP) is 2.36. The molecule has 0 atom stereocenters. The SMILES string of the molecule is CC(=O)Oc1ccc(/C=C(\NC(=O)c2ccccc2)C(=O)NCCCC(=O)O)cc1. The molecule has 0 aliphatic carbocycles. The molecule has 2 aromatic carbocycles. The topological polar surface area (TPSA) is 122 Å². The first kappa shape index (κ1) is 22.4. The molecule has 2 amide bonds. The molecule has 0 fully saturated rings. The van der Waals surface area contributed by atoms with Crippen LogP contribution >= 0.6 is 0 Å². The number of carboxylic acid groups (broad SMARTS) is 1. The lowest BCUT2D eigenvalue weighted by molar-refractivity contribution is -0.137. The molecular weight excluding hydrogens is 388 g/mol. The molecule has 0 unspecified atom stereocenters. The number of ether oxygens (including phenoxy) is 1. The first-order valence-electron chi connectivity index (χ1n) is 9.21. The molecule has 0 aliphatic heterocycles. The number of carbonyl (C=O) groups is 4. The fraction of sp³-hybridized carbons (Fsp3) is 0.182. The third kappa shape index (κ3) is 7.59. The van der Waals surface area contributed by atoms with Crippen LogP contribution in [0, 0.1) is 0 Å². The summed E-state index contributed by atoms with van der Waals surface area (Å²) in [5.74, 6) is -2.06. The zero-order chi connectivity index (χ0) is 21.9. The summed E-state index contributed by atoms with van der Waals surface area (Å²) in [6, 6.07) is 14.8. The number of amides is 2. The first-order valence-corrected chi connectivity index (χ1v) is 9.21. The van der Waals surface area contributed by atoms with Gasteiger partial charge in [0.1, 0.15) is 11.4 Å². The minimum atomic E-state index is -0.953. The Morgan fingerprint density at radius 3 is 2.27 bits per heavy atom. The van der Waals surface area contributed by atoms with Gasteiger partial charge in [-0.25, -0.2) is 0 Å². The van der Waals surface area contributed by atoms with Crippen molar-refractivity contribution >= 4 is 29.8 Å². The van der Waals surface area contributed by atoms with Crippen LogP contribution in [-0.2, 0) is 14.4 Å². The number of carbonyl (C=O) groups excluding carboxylic acids is 3. The minimum Gasteiger partial charge on any atom is -0.481 e. The van der Waals surface area contributed by atoms with Gasteiger partial charge in [-0.15, -0.1) is 0 Å². The smallest absolute Gasteiger partial charge is 0.308 e. The van der Waals surface area contributed by atoms with Crippen LogP contribution in [0.5, 0.6) is 5.75 Å². The number of hydrogen-bond acceptors (Lipinski definition) is 5. The maximum absolute atomic E-state index is 12.6. The third-order valence-corrected chi connectivity index (χ3v) is 3.83. The second-order valence-electron chi connectivity index (χ2n) is 6.29. The van der Waals surface area contributed by atoms with Gasteiger partial charge < -0.3 is 20.5 Å². The molecule has 2 aromatic rings. The Hall–Kier alpha value is -3.94. The van der Waals surface area contributed by atoms with Crippen molar-refractivity contribution in [2.24, 2.45) is 0 Å². The van der Waals surface area contributed by atoms with E-state index in [2.05, 4.69) is 10.6 Å². The number of rotatable bonds is 9. The van der Waals surface area contributed by atoms with Crippen molar-refractivity contribution in [1.82, 2.24) is 10.6 Å². The number of hydrogen-bond donors (Lipinski definition) is 3. The van der Waals surface area contributed by atoms with Crippen molar-refractivity contribution in [2.45, 2.75) is 19.8 Å². The van der Waals surface area contributed by atoms with E-state index in [4.69, 9.17) is 9.84 Å². The Morgan fingerprint density at radius 2 is 1.67 bits per heavy atom. The average molecular weight is 410 g/mol. The normalized spacial score (nSPS) is 10.8. The van der Waals surface area contributed by atoms with Crippen LogP contribution in [0.2, 0.25) is 0 Å². The number of esters is 1. The van der Waals surface area contributed by atoms with Gasteiger partial charge in [0, 0.05) is 25.5 Å². The van der Waals surface area contributed by atoms with Gasteiger partial charge >= 0.3 is 11.9 Å². The maximum Gasteiger partial charge on any atom is 0.308 e. The van der Waals surface area contributed by atoms with Crippen LogP contribution in [-0.4, -0.2) is 35.4 Å². The number of aliphatic carboxylic acids is 1. The summed E-state index contributed by atoms with van der Waals surface area (Å²) in [6.45, 7) is 1.44. The molecular formula is C22H22N2O6. The van der Waals surface area contributed by atoms with Gasteiger partial charge in [-0.05, 0) is 42.3 Å². The van der Waals surface area contributed by atoms with Crippen LogP contribution in [0.4, 0.5) is 0 Å². The Morgan fingerprint density at radius 1 is 1.00 bits per heavy atom. The number of benzene rings is 2. The molecule has 0 spiro atoms. The predicted molar refractivity (Wildman–Crippen MR) is 110 cm³/mol. The van der Waals surface area contributed by atoms with E-state index in [0.29, 0.717) is 16.9 Å². The summed E-state index contributed by atoms with van der Waals surface area (Å²) in [5, 5.41) is 13.9. The number of carboxylic acids is 1. The highest BCUT2D eigenvalue weighted by atomic mass is 16.5. The van der Waals surface area contributed by atoms with Gasteiger partial charge in [-0.3, -0.25) is 19.2 Å². The molecule has 30 heavy (non-hydrogen) atoms. The summed E-state index contributed by atoms with van der Waals surface area (Å²) in [6.07, 6.45) is 1.66. The lowest BCUT2D eigenvalue weighted by Crippen LogP contribution is -2.35. The Labute approximate surface area is 173 Å². The largest absolute Gasteiger partial charge is 0.481 e. The van der Waals surface area contributed by atoms with Crippen molar-refractivity contribution in [3.8, 4) is 5.75 Å². The highest BCUT2D eigenvalue weighted by Crippen LogP contribution is 2.15. The molecule has 0 aliphatic rings. The van der Waals surface area contributed by atoms with Gasteiger partial charge in [-0.2, -0.15) is 0 Å². The van der Waals surface area contributed by atoms with E-state index in [9.17, 15) is 19.2 Å². The molecule has 156 valence electrons. The quantitative estimate of drug-likeness (QED) is 0.253. The second-order valence-corrected chi connectivity index (χ2v) is 6.29. The third-order valence-electron chi connectivity index (χ3n) is 3.83. The Bertz CT molecular complexity index is 936. The van der Waals surface area contributed by atoms with Crippen LogP contribution in [0.25, 0.3) is 6.08 Å². The van der Waals surface area contributed by atoms with E-state index in [0.717, 1.165) is 0 Å². The molecule has 0 bridgehead atoms. The zero-order valence-electron chi connectivity index (χ0n) is 16.4.